The average Bonchev–Trinajstić information content (AvgIpc) is 3.44. The van der Waals surface area contributed by atoms with Gasteiger partial charge in [0.25, 0.3) is 0 Å². The van der Waals surface area contributed by atoms with Crippen molar-refractivity contribution >= 4 is 35.2 Å². The first-order chi connectivity index (χ1) is 23.8. The molecule has 0 unspecified atom stereocenters. The van der Waals surface area contributed by atoms with Gasteiger partial charge in [-0.15, -0.1) is 53.1 Å². The first-order valence-corrected chi connectivity index (χ1v) is 20.8. The van der Waals surface area contributed by atoms with Gasteiger partial charge in [0.15, 0.2) is 5.58 Å². The standard InChI is InChI=1S/C25H18NO.C20H27FNSi.Ir/c1-17-11-12-19(14-20(17)13-18-7-3-2-4-8-18)23-15-22-21-9-5-6-10-24(21)27-25(22)16-26-23;1-14-9-8-10-16(19(14)21)17-11-15(12-20(2,3)4)18(13-22-17)23(5,6)7;/h2-11,14-16H,13H2,1H3;8-9,11,13H,12H2,1-7H3;/q2*-1;. The fraction of sp³-hybridized carbons (Fsp3) is 0.244. The number of rotatable bonds is 6. The summed E-state index contributed by atoms with van der Waals surface area (Å²) in [6, 6.07) is 37.0. The number of aromatic nitrogens is 2. The molecule has 0 fully saturated rings. The van der Waals surface area contributed by atoms with E-state index in [4.69, 9.17) is 4.42 Å². The van der Waals surface area contributed by atoms with E-state index < -0.39 is 8.07 Å². The number of hydrogen-bond acceptors (Lipinski definition) is 3. The maximum atomic E-state index is 14.4. The van der Waals surface area contributed by atoms with Gasteiger partial charge in [0.1, 0.15) is 5.58 Å². The number of fused-ring (bicyclic) bond motifs is 3. The number of nitrogens with zero attached hydrogens (tertiary/aromatic N) is 2. The third-order valence-electron chi connectivity index (χ3n) is 8.95. The zero-order valence-corrected chi connectivity index (χ0v) is 34.1. The van der Waals surface area contributed by atoms with Gasteiger partial charge in [0.05, 0.1) is 14.3 Å². The van der Waals surface area contributed by atoms with Crippen LogP contribution in [0.5, 0.6) is 0 Å². The van der Waals surface area contributed by atoms with E-state index >= 15 is 0 Å². The molecule has 1 radical (unpaired) electrons. The Bertz CT molecular complexity index is 2280. The Morgan fingerprint density at radius 1 is 0.745 bits per heavy atom. The summed E-state index contributed by atoms with van der Waals surface area (Å²) in [6.07, 6.45) is 5.66. The molecule has 0 bridgehead atoms. The third-order valence-corrected chi connectivity index (χ3v) is 11.0. The topological polar surface area (TPSA) is 38.9 Å². The minimum absolute atomic E-state index is 0. The van der Waals surface area contributed by atoms with Crippen LogP contribution in [0.2, 0.25) is 19.6 Å². The molecule has 0 saturated heterocycles. The van der Waals surface area contributed by atoms with E-state index in [1.54, 1.807) is 19.1 Å². The number of hydrogen-bond donors (Lipinski definition) is 0. The first kappa shape index (κ1) is 38.0. The Morgan fingerprint density at radius 3 is 2.18 bits per heavy atom. The van der Waals surface area contributed by atoms with Crippen LogP contribution in [-0.2, 0) is 32.9 Å². The second kappa shape index (κ2) is 15.6. The van der Waals surface area contributed by atoms with Crippen molar-refractivity contribution in [3.63, 3.8) is 0 Å². The van der Waals surface area contributed by atoms with Crippen LogP contribution in [0.15, 0.2) is 108 Å². The Morgan fingerprint density at radius 2 is 1.45 bits per heavy atom. The molecule has 3 heterocycles. The van der Waals surface area contributed by atoms with Crippen LogP contribution in [0, 0.1) is 37.2 Å². The fourth-order valence-electron chi connectivity index (χ4n) is 6.34. The van der Waals surface area contributed by atoms with Crippen LogP contribution in [0.25, 0.3) is 44.5 Å². The molecule has 0 spiro atoms. The molecule has 0 saturated carbocycles. The fourth-order valence-corrected chi connectivity index (χ4v) is 7.91. The van der Waals surface area contributed by atoms with E-state index in [0.29, 0.717) is 16.8 Å². The van der Waals surface area contributed by atoms with E-state index in [-0.39, 0.29) is 31.3 Å². The Labute approximate surface area is 316 Å². The van der Waals surface area contributed by atoms with Gasteiger partial charge < -0.3 is 14.4 Å². The number of para-hydroxylation sites is 1. The molecule has 0 atom stereocenters. The van der Waals surface area contributed by atoms with Crippen molar-refractivity contribution in [1.82, 2.24) is 9.97 Å². The van der Waals surface area contributed by atoms with Crippen molar-refractivity contribution in [2.75, 3.05) is 0 Å². The molecule has 0 N–H and O–H groups in total. The molecule has 263 valence electrons. The first-order valence-electron chi connectivity index (χ1n) is 17.3. The predicted molar refractivity (Wildman–Crippen MR) is 209 cm³/mol. The van der Waals surface area contributed by atoms with Crippen molar-refractivity contribution in [3.8, 4) is 22.5 Å². The zero-order chi connectivity index (χ0) is 35.6. The van der Waals surface area contributed by atoms with Crippen LogP contribution in [0.1, 0.15) is 48.6 Å². The molecule has 3 aromatic heterocycles. The van der Waals surface area contributed by atoms with Gasteiger partial charge in [-0.3, -0.25) is 4.39 Å². The van der Waals surface area contributed by atoms with Gasteiger partial charge in [-0.05, 0) is 46.5 Å². The number of benzene rings is 4. The summed E-state index contributed by atoms with van der Waals surface area (Å²) < 4.78 is 20.3. The minimum atomic E-state index is -1.49. The van der Waals surface area contributed by atoms with Crippen LogP contribution in [0.4, 0.5) is 4.39 Å². The SMILES string of the molecule is Cc1c[c-]c(-c2cc3c(cn2)oc2ccccc23)cc1Cc1ccccc1.Cc1cc[c-]c(-c2cc(CC(C)(C)C)c([Si](C)(C)C)cn2)c1F.[Ir]. The van der Waals surface area contributed by atoms with Gasteiger partial charge in [0.2, 0.25) is 0 Å². The summed E-state index contributed by atoms with van der Waals surface area (Å²) in [5, 5.41) is 3.58. The second-order valence-corrected chi connectivity index (χ2v) is 20.5. The van der Waals surface area contributed by atoms with Gasteiger partial charge in [0, 0.05) is 42.9 Å². The molecular formula is C45H45FIrN2OSi-2. The van der Waals surface area contributed by atoms with E-state index in [9.17, 15) is 4.39 Å². The maximum absolute atomic E-state index is 14.4. The molecule has 0 aliphatic heterocycles. The minimum Gasteiger partial charge on any atom is -0.455 e. The van der Waals surface area contributed by atoms with Gasteiger partial charge in [-0.1, -0.05) is 132 Å². The summed E-state index contributed by atoms with van der Waals surface area (Å²) in [5.41, 5.74) is 10.8. The summed E-state index contributed by atoms with van der Waals surface area (Å²) in [7, 11) is -1.49. The largest absolute Gasteiger partial charge is 0.455 e. The van der Waals surface area contributed by atoms with E-state index in [0.717, 1.165) is 46.0 Å². The summed E-state index contributed by atoms with van der Waals surface area (Å²) in [4.78, 5) is 9.20. The van der Waals surface area contributed by atoms with E-state index in [2.05, 4.69) is 130 Å². The van der Waals surface area contributed by atoms with Crippen molar-refractivity contribution in [1.29, 1.82) is 0 Å². The van der Waals surface area contributed by atoms with Crippen molar-refractivity contribution in [2.24, 2.45) is 5.41 Å². The summed E-state index contributed by atoms with van der Waals surface area (Å²) >= 11 is 0. The maximum Gasteiger partial charge on any atom is 0.151 e. The molecule has 0 amide bonds. The van der Waals surface area contributed by atoms with Crippen LogP contribution >= 0.6 is 0 Å². The van der Waals surface area contributed by atoms with Gasteiger partial charge >= 0.3 is 0 Å². The molecule has 4 aromatic carbocycles. The normalized spacial score (nSPS) is 11.6. The van der Waals surface area contributed by atoms with Crippen LogP contribution < -0.4 is 5.19 Å². The molecule has 0 aliphatic carbocycles. The molecule has 0 aliphatic rings. The predicted octanol–water partition coefficient (Wildman–Crippen LogP) is 11.5. The van der Waals surface area contributed by atoms with Crippen molar-refractivity contribution in [3.05, 3.63) is 149 Å². The second-order valence-electron chi connectivity index (χ2n) is 15.4. The smallest absolute Gasteiger partial charge is 0.151 e. The monoisotopic (exact) mass is 869 g/mol. The zero-order valence-electron chi connectivity index (χ0n) is 30.7. The molecule has 7 aromatic rings. The quantitative estimate of drug-likeness (QED) is 0.123. The molecule has 51 heavy (non-hydrogen) atoms. The average molecular weight is 869 g/mol. The van der Waals surface area contributed by atoms with Gasteiger partial charge in [-0.25, -0.2) is 0 Å². The molecule has 3 nitrogen and oxygen atoms in total. The number of halogens is 1. The van der Waals surface area contributed by atoms with Crippen LogP contribution in [0.3, 0.4) is 0 Å². The summed E-state index contributed by atoms with van der Waals surface area (Å²) in [6.45, 7) is 17.6. The Balaban J connectivity index is 0.000000197. The van der Waals surface area contributed by atoms with E-state index in [1.165, 1.54) is 27.4 Å². The van der Waals surface area contributed by atoms with Crippen LogP contribution in [-0.4, -0.2) is 18.0 Å². The third kappa shape index (κ3) is 8.99. The van der Waals surface area contributed by atoms with Gasteiger partial charge in [-0.2, -0.15) is 0 Å². The number of aryl methyl sites for hydroxylation is 2. The van der Waals surface area contributed by atoms with E-state index in [1.807, 2.05) is 30.6 Å². The number of pyridine rings is 2. The van der Waals surface area contributed by atoms with Crippen molar-refractivity contribution in [2.45, 2.75) is 67.1 Å². The Hall–Kier alpha value is -4.22. The van der Waals surface area contributed by atoms with Crippen molar-refractivity contribution < 1.29 is 28.9 Å². The summed E-state index contributed by atoms with van der Waals surface area (Å²) in [5.74, 6) is -0.220. The Kier molecular flexibility index (Phi) is 11.6. The molecule has 7 rings (SSSR count). The number of furan rings is 1. The molecular weight excluding hydrogens is 824 g/mol. The molecule has 6 heteroatoms.